The van der Waals surface area contributed by atoms with Crippen LogP contribution < -0.4 is 5.32 Å². The molecule has 1 fully saturated rings. The number of nitrogens with zero attached hydrogens (tertiary/aromatic N) is 4. The first-order valence-corrected chi connectivity index (χ1v) is 11.4. The summed E-state index contributed by atoms with van der Waals surface area (Å²) in [7, 11) is 0. The molecule has 174 valence electrons. The van der Waals surface area contributed by atoms with Gasteiger partial charge in [0.05, 0.1) is 29.5 Å². The number of aliphatic hydroxyl groups is 1. The largest absolute Gasteiger partial charge is 0.393 e. The van der Waals surface area contributed by atoms with Crippen molar-refractivity contribution < 1.29 is 13.9 Å². The monoisotopic (exact) mass is 461 g/mol. The van der Waals surface area contributed by atoms with Crippen LogP contribution >= 0.6 is 0 Å². The zero-order valence-electron chi connectivity index (χ0n) is 18.7. The number of rotatable bonds is 5. The van der Waals surface area contributed by atoms with Crippen LogP contribution in [0.15, 0.2) is 61.1 Å². The molecule has 8 heteroatoms. The smallest absolute Gasteiger partial charge is 0.227 e. The molecule has 0 spiro atoms. The number of nitrogens with one attached hydrogen (secondary N) is 1. The van der Waals surface area contributed by atoms with Crippen molar-refractivity contribution in [2.45, 2.75) is 44.8 Å². The minimum absolute atomic E-state index is 0.164. The third kappa shape index (κ3) is 4.54. The van der Waals surface area contributed by atoms with E-state index in [-0.39, 0.29) is 23.8 Å². The van der Waals surface area contributed by atoms with Gasteiger partial charge in [-0.15, -0.1) is 0 Å². The van der Waals surface area contributed by atoms with Gasteiger partial charge in [-0.05, 0) is 80.6 Å². The Morgan fingerprint density at radius 1 is 0.941 bits per heavy atom. The van der Waals surface area contributed by atoms with Gasteiger partial charge >= 0.3 is 0 Å². The Morgan fingerprint density at radius 3 is 2.44 bits per heavy atom. The lowest BCUT2D eigenvalue weighted by atomic mass is 9.92. The number of hydrogen-bond acceptors (Lipinski definition) is 5. The Bertz CT molecular complexity index is 1300. The molecule has 5 rings (SSSR count). The van der Waals surface area contributed by atoms with Crippen LogP contribution in [0.1, 0.15) is 37.3 Å². The van der Waals surface area contributed by atoms with E-state index in [4.69, 9.17) is 4.98 Å². The third-order valence-electron chi connectivity index (χ3n) is 6.32. The van der Waals surface area contributed by atoms with E-state index in [0.29, 0.717) is 23.0 Å². The highest BCUT2D eigenvalue weighted by molar-refractivity contribution is 5.77. The number of anilines is 2. The molecule has 0 radical (unpaired) electrons. The molecule has 4 aromatic rings. The molecule has 1 saturated carbocycles. The molecule has 2 heterocycles. The van der Waals surface area contributed by atoms with Crippen LogP contribution in [-0.2, 0) is 0 Å². The zero-order chi connectivity index (χ0) is 23.7. The van der Waals surface area contributed by atoms with Gasteiger partial charge in [0, 0.05) is 23.5 Å². The summed E-state index contributed by atoms with van der Waals surface area (Å²) in [5.41, 5.74) is 4.38. The summed E-state index contributed by atoms with van der Waals surface area (Å²) in [5, 5.41) is 13.1. The average molecular weight is 462 g/mol. The van der Waals surface area contributed by atoms with E-state index in [1.54, 1.807) is 30.7 Å². The Kier molecular flexibility index (Phi) is 6.06. The highest BCUT2D eigenvalue weighted by atomic mass is 19.1. The van der Waals surface area contributed by atoms with Gasteiger partial charge in [0.25, 0.3) is 0 Å². The summed E-state index contributed by atoms with van der Waals surface area (Å²) in [6.07, 6.45) is 6.27. The topological polar surface area (TPSA) is 75.9 Å². The molecule has 0 saturated heterocycles. The Labute approximate surface area is 196 Å². The van der Waals surface area contributed by atoms with Crippen molar-refractivity contribution in [2.24, 2.45) is 0 Å². The van der Waals surface area contributed by atoms with Crippen molar-refractivity contribution in [2.75, 3.05) is 5.32 Å². The highest BCUT2D eigenvalue weighted by Crippen LogP contribution is 2.37. The van der Waals surface area contributed by atoms with E-state index in [1.807, 2.05) is 13.0 Å². The van der Waals surface area contributed by atoms with E-state index in [1.165, 1.54) is 24.3 Å². The van der Waals surface area contributed by atoms with Crippen molar-refractivity contribution in [3.8, 4) is 22.6 Å². The van der Waals surface area contributed by atoms with Crippen LogP contribution in [0.5, 0.6) is 0 Å². The van der Waals surface area contributed by atoms with Crippen molar-refractivity contribution >= 4 is 11.6 Å². The number of aromatic nitrogens is 4. The first-order valence-electron chi connectivity index (χ1n) is 11.4. The van der Waals surface area contributed by atoms with Crippen molar-refractivity contribution in [3.05, 3.63) is 78.3 Å². The Morgan fingerprint density at radius 2 is 1.68 bits per heavy atom. The molecule has 2 aromatic heterocycles. The molecule has 2 aromatic carbocycles. The highest BCUT2D eigenvalue weighted by Gasteiger charge is 2.26. The van der Waals surface area contributed by atoms with Gasteiger partial charge in [0.15, 0.2) is 0 Å². The van der Waals surface area contributed by atoms with Gasteiger partial charge in [0.1, 0.15) is 11.6 Å². The Hall–Kier alpha value is -3.65. The number of hydrogen-bond donors (Lipinski definition) is 2. The van der Waals surface area contributed by atoms with E-state index >= 15 is 0 Å². The molecule has 34 heavy (non-hydrogen) atoms. The van der Waals surface area contributed by atoms with Gasteiger partial charge in [-0.1, -0.05) is 6.07 Å². The lowest BCUT2D eigenvalue weighted by molar-refractivity contribution is 0.111. The maximum absolute atomic E-state index is 13.8. The van der Waals surface area contributed by atoms with Crippen LogP contribution in [0, 0.1) is 18.6 Å². The summed E-state index contributed by atoms with van der Waals surface area (Å²) in [4.78, 5) is 13.7. The summed E-state index contributed by atoms with van der Waals surface area (Å²) < 4.78 is 29.4. The average Bonchev–Trinajstić information content (AvgIpc) is 3.28. The fraction of sp³-hybridized carbons (Fsp3) is 0.269. The van der Waals surface area contributed by atoms with Crippen LogP contribution in [0.3, 0.4) is 0 Å². The van der Waals surface area contributed by atoms with Crippen LogP contribution in [0.4, 0.5) is 20.4 Å². The lowest BCUT2D eigenvalue weighted by Crippen LogP contribution is -2.21. The van der Waals surface area contributed by atoms with Gasteiger partial charge in [-0.25, -0.2) is 23.7 Å². The maximum atomic E-state index is 13.8. The molecule has 0 amide bonds. The number of benzene rings is 2. The predicted molar refractivity (Wildman–Crippen MR) is 127 cm³/mol. The predicted octanol–water partition coefficient (Wildman–Crippen LogP) is 5.81. The first kappa shape index (κ1) is 22.2. The fourth-order valence-electron chi connectivity index (χ4n) is 4.45. The van der Waals surface area contributed by atoms with E-state index in [2.05, 4.69) is 19.9 Å². The van der Waals surface area contributed by atoms with E-state index in [9.17, 15) is 13.9 Å². The molecule has 0 atom stereocenters. The van der Waals surface area contributed by atoms with Crippen LogP contribution in [0.2, 0.25) is 0 Å². The van der Waals surface area contributed by atoms with Gasteiger partial charge < -0.3 is 15.0 Å². The van der Waals surface area contributed by atoms with Crippen LogP contribution in [-0.4, -0.2) is 30.7 Å². The van der Waals surface area contributed by atoms with Crippen LogP contribution in [0.25, 0.3) is 22.6 Å². The van der Waals surface area contributed by atoms with E-state index in [0.717, 1.165) is 42.5 Å². The zero-order valence-corrected chi connectivity index (χ0v) is 18.7. The standard InChI is InChI=1S/C26H25F2N5O/c1-16-2-5-19(28)14-23(16)32-26-29-13-12-22(31-26)25-24(17-3-6-18(27)7-4-17)30-15-33(25)20-8-10-21(34)11-9-20/h2-7,12-15,20-21,34H,8-11H2,1H3,(H,29,31,32)/t20-,21+. The molecular weight excluding hydrogens is 436 g/mol. The first-order chi connectivity index (χ1) is 16.5. The maximum Gasteiger partial charge on any atom is 0.227 e. The normalized spacial score (nSPS) is 18.1. The number of imidazole rings is 1. The second kappa shape index (κ2) is 9.30. The molecule has 2 N–H and O–H groups in total. The van der Waals surface area contributed by atoms with Crippen molar-refractivity contribution in [1.29, 1.82) is 0 Å². The summed E-state index contributed by atoms with van der Waals surface area (Å²) in [6, 6.07) is 12.7. The Balaban J connectivity index is 1.57. The molecule has 0 aliphatic heterocycles. The number of aryl methyl sites for hydroxylation is 1. The second-order valence-corrected chi connectivity index (χ2v) is 8.67. The molecule has 6 nitrogen and oxygen atoms in total. The lowest BCUT2D eigenvalue weighted by Gasteiger charge is -2.28. The van der Waals surface area contributed by atoms with Crippen molar-refractivity contribution in [3.63, 3.8) is 0 Å². The molecule has 1 aliphatic rings. The molecule has 1 aliphatic carbocycles. The summed E-state index contributed by atoms with van der Waals surface area (Å²) >= 11 is 0. The quantitative estimate of drug-likeness (QED) is 0.392. The van der Waals surface area contributed by atoms with Gasteiger partial charge in [-0.3, -0.25) is 0 Å². The molecular formula is C26H25F2N5O. The minimum Gasteiger partial charge on any atom is -0.393 e. The third-order valence-corrected chi connectivity index (χ3v) is 6.32. The second-order valence-electron chi connectivity index (χ2n) is 8.67. The van der Waals surface area contributed by atoms with E-state index < -0.39 is 0 Å². The van der Waals surface area contributed by atoms with Gasteiger partial charge in [0.2, 0.25) is 5.95 Å². The summed E-state index contributed by atoms with van der Waals surface area (Å²) in [5.74, 6) is -0.325. The minimum atomic E-state index is -0.347. The summed E-state index contributed by atoms with van der Waals surface area (Å²) in [6.45, 7) is 1.88. The van der Waals surface area contributed by atoms with Gasteiger partial charge in [-0.2, -0.15) is 0 Å². The molecule has 0 bridgehead atoms. The SMILES string of the molecule is Cc1ccc(F)cc1Nc1nccc(-c2c(-c3ccc(F)cc3)ncn2[C@H]2CC[C@@H](O)CC2)n1. The number of halogens is 2. The molecule has 0 unspecified atom stereocenters. The van der Waals surface area contributed by atoms with Crippen molar-refractivity contribution in [1.82, 2.24) is 19.5 Å². The number of aliphatic hydroxyl groups excluding tert-OH is 1. The fourth-order valence-corrected chi connectivity index (χ4v) is 4.45.